The Hall–Kier alpha value is -4.58. The number of rotatable bonds is 9. The summed E-state index contributed by atoms with van der Waals surface area (Å²) in [6, 6.07) is 29.4. The molecule has 0 aliphatic heterocycles. The van der Waals surface area contributed by atoms with E-state index in [0.29, 0.717) is 11.1 Å². The molecule has 0 heterocycles. The number of aliphatic carboxylic acids is 1. The van der Waals surface area contributed by atoms with Crippen LogP contribution in [0.15, 0.2) is 97.1 Å². The number of hydrogen-bond donors (Lipinski definition) is 2. The van der Waals surface area contributed by atoms with Crippen molar-refractivity contribution >= 4 is 11.9 Å². The molecule has 0 saturated carbocycles. The molecule has 0 saturated heterocycles. The lowest BCUT2D eigenvalue weighted by molar-refractivity contribution is -0.137. The first-order valence-corrected chi connectivity index (χ1v) is 11.5. The van der Waals surface area contributed by atoms with Crippen LogP contribution in [0.4, 0.5) is 0 Å². The number of methoxy groups -OCH3 is 2. The summed E-state index contributed by atoms with van der Waals surface area (Å²) in [5, 5.41) is 12.4. The van der Waals surface area contributed by atoms with Gasteiger partial charge in [0.05, 0.1) is 26.7 Å². The average molecular weight is 482 g/mol. The number of carbonyl (C=O) groups is 2. The van der Waals surface area contributed by atoms with Crippen molar-refractivity contribution in [1.29, 1.82) is 0 Å². The summed E-state index contributed by atoms with van der Waals surface area (Å²) in [4.78, 5) is 24.7. The summed E-state index contributed by atoms with van der Waals surface area (Å²) >= 11 is 0. The average Bonchev–Trinajstić information content (AvgIpc) is 2.92. The van der Waals surface area contributed by atoms with Gasteiger partial charge in [0.1, 0.15) is 11.5 Å². The van der Waals surface area contributed by atoms with E-state index in [1.165, 1.54) is 0 Å². The van der Waals surface area contributed by atoms with Gasteiger partial charge in [-0.3, -0.25) is 9.59 Å². The van der Waals surface area contributed by atoms with Gasteiger partial charge in [0.15, 0.2) is 0 Å². The Balaban J connectivity index is 1.53. The molecule has 0 fully saturated rings. The van der Waals surface area contributed by atoms with Gasteiger partial charge in [0.25, 0.3) is 5.91 Å². The monoisotopic (exact) mass is 481 g/mol. The second kappa shape index (κ2) is 11.2. The summed E-state index contributed by atoms with van der Waals surface area (Å²) in [5.41, 5.74) is 4.99. The Morgan fingerprint density at radius 2 is 1.22 bits per heavy atom. The number of carbonyl (C=O) groups excluding carboxylic acids is 1. The van der Waals surface area contributed by atoms with E-state index in [1.807, 2.05) is 84.9 Å². The molecular formula is C30H27NO5. The van der Waals surface area contributed by atoms with Crippen LogP contribution in [0.2, 0.25) is 0 Å². The SMILES string of the molecule is COc1ccc(-c2ccc(C(CC(=O)O)NC(=O)c3cccc(-c4ccc(OC)cc4)c3)cc2)cc1. The minimum absolute atomic E-state index is 0.230. The summed E-state index contributed by atoms with van der Waals surface area (Å²) in [7, 11) is 3.23. The predicted molar refractivity (Wildman–Crippen MR) is 139 cm³/mol. The molecular weight excluding hydrogens is 454 g/mol. The zero-order valence-corrected chi connectivity index (χ0v) is 20.1. The molecule has 0 aliphatic rings. The summed E-state index contributed by atoms with van der Waals surface area (Å²) in [6.07, 6.45) is -0.230. The molecule has 0 radical (unpaired) electrons. The van der Waals surface area contributed by atoms with Gasteiger partial charge in [-0.2, -0.15) is 0 Å². The first-order valence-electron chi connectivity index (χ1n) is 11.5. The number of ether oxygens (including phenoxy) is 2. The van der Waals surface area contributed by atoms with Crippen LogP contribution in [0.5, 0.6) is 11.5 Å². The summed E-state index contributed by atoms with van der Waals surface area (Å²) in [6.45, 7) is 0. The van der Waals surface area contributed by atoms with Crippen LogP contribution < -0.4 is 14.8 Å². The van der Waals surface area contributed by atoms with E-state index >= 15 is 0 Å². The van der Waals surface area contributed by atoms with E-state index in [1.54, 1.807) is 26.4 Å². The van der Waals surface area contributed by atoms with E-state index < -0.39 is 12.0 Å². The van der Waals surface area contributed by atoms with Crippen molar-refractivity contribution in [2.45, 2.75) is 12.5 Å². The van der Waals surface area contributed by atoms with Gasteiger partial charge in [-0.15, -0.1) is 0 Å². The van der Waals surface area contributed by atoms with Crippen LogP contribution >= 0.6 is 0 Å². The Morgan fingerprint density at radius 1 is 0.722 bits per heavy atom. The fraction of sp³-hybridized carbons (Fsp3) is 0.133. The standard InChI is InChI=1S/C30H27NO5/c1-35-26-14-10-21(11-15-26)20-6-8-23(9-7-20)28(19-29(32)33)31-30(34)25-5-3-4-24(18-25)22-12-16-27(36-2)17-13-22/h3-18,28H,19H2,1-2H3,(H,31,34)(H,32,33). The number of benzene rings is 4. The van der Waals surface area contributed by atoms with E-state index in [4.69, 9.17) is 9.47 Å². The lowest BCUT2D eigenvalue weighted by Gasteiger charge is -2.18. The van der Waals surface area contributed by atoms with E-state index in [-0.39, 0.29) is 12.3 Å². The Morgan fingerprint density at radius 3 is 1.72 bits per heavy atom. The fourth-order valence-corrected chi connectivity index (χ4v) is 3.98. The van der Waals surface area contributed by atoms with Crippen LogP contribution in [0.25, 0.3) is 22.3 Å². The van der Waals surface area contributed by atoms with Crippen molar-refractivity contribution in [1.82, 2.24) is 5.32 Å². The number of nitrogens with one attached hydrogen (secondary N) is 1. The molecule has 0 bridgehead atoms. The van der Waals surface area contributed by atoms with E-state index in [9.17, 15) is 14.7 Å². The first-order chi connectivity index (χ1) is 17.5. The Kier molecular flexibility index (Phi) is 7.66. The minimum Gasteiger partial charge on any atom is -0.497 e. The highest BCUT2D eigenvalue weighted by Gasteiger charge is 2.19. The van der Waals surface area contributed by atoms with Crippen LogP contribution in [0, 0.1) is 0 Å². The van der Waals surface area contributed by atoms with Gasteiger partial charge in [-0.25, -0.2) is 0 Å². The fourth-order valence-electron chi connectivity index (χ4n) is 3.98. The highest BCUT2D eigenvalue weighted by Crippen LogP contribution is 2.27. The molecule has 0 aromatic heterocycles. The second-order valence-corrected chi connectivity index (χ2v) is 8.28. The lowest BCUT2D eigenvalue weighted by Crippen LogP contribution is -2.30. The van der Waals surface area contributed by atoms with Crippen LogP contribution in [-0.4, -0.2) is 31.2 Å². The molecule has 0 aliphatic carbocycles. The molecule has 6 nitrogen and oxygen atoms in total. The molecule has 4 rings (SSSR count). The molecule has 0 spiro atoms. The third-order valence-electron chi connectivity index (χ3n) is 5.97. The van der Waals surface area contributed by atoms with Gasteiger partial charge >= 0.3 is 5.97 Å². The van der Waals surface area contributed by atoms with Crippen molar-refractivity contribution in [3.8, 4) is 33.8 Å². The molecule has 4 aromatic carbocycles. The highest BCUT2D eigenvalue weighted by molar-refractivity contribution is 5.96. The topological polar surface area (TPSA) is 84.9 Å². The Labute approximate surface area is 210 Å². The smallest absolute Gasteiger partial charge is 0.305 e. The molecule has 2 N–H and O–H groups in total. The van der Waals surface area contributed by atoms with E-state index in [2.05, 4.69) is 5.32 Å². The van der Waals surface area contributed by atoms with Crippen LogP contribution in [0.1, 0.15) is 28.4 Å². The molecule has 4 aromatic rings. The Bertz CT molecular complexity index is 1330. The van der Waals surface area contributed by atoms with Crippen molar-refractivity contribution in [3.63, 3.8) is 0 Å². The number of carboxylic acid groups (broad SMARTS) is 1. The summed E-state index contributed by atoms with van der Waals surface area (Å²) < 4.78 is 10.4. The second-order valence-electron chi connectivity index (χ2n) is 8.28. The normalized spacial score (nSPS) is 11.4. The van der Waals surface area contributed by atoms with Gasteiger partial charge in [-0.05, 0) is 64.2 Å². The van der Waals surface area contributed by atoms with Crippen molar-refractivity contribution < 1.29 is 24.2 Å². The van der Waals surface area contributed by atoms with Gasteiger partial charge in [0, 0.05) is 5.56 Å². The number of amides is 1. The lowest BCUT2D eigenvalue weighted by atomic mass is 9.98. The quantitative estimate of drug-likeness (QED) is 0.307. The van der Waals surface area contributed by atoms with Crippen LogP contribution in [-0.2, 0) is 4.79 Å². The molecule has 1 atom stereocenters. The predicted octanol–water partition coefficient (Wildman–Crippen LogP) is 5.98. The molecule has 6 heteroatoms. The number of carboxylic acids is 1. The van der Waals surface area contributed by atoms with Crippen LogP contribution in [0.3, 0.4) is 0 Å². The van der Waals surface area contributed by atoms with Crippen molar-refractivity contribution in [3.05, 3.63) is 108 Å². The zero-order chi connectivity index (χ0) is 25.5. The van der Waals surface area contributed by atoms with E-state index in [0.717, 1.165) is 33.8 Å². The highest BCUT2D eigenvalue weighted by atomic mass is 16.5. The largest absolute Gasteiger partial charge is 0.497 e. The zero-order valence-electron chi connectivity index (χ0n) is 20.1. The summed E-state index contributed by atoms with van der Waals surface area (Å²) in [5.74, 6) is 0.195. The van der Waals surface area contributed by atoms with Crippen molar-refractivity contribution in [2.24, 2.45) is 0 Å². The third-order valence-corrected chi connectivity index (χ3v) is 5.97. The molecule has 182 valence electrons. The third kappa shape index (κ3) is 5.91. The number of hydrogen-bond acceptors (Lipinski definition) is 4. The molecule has 1 unspecified atom stereocenters. The maximum atomic E-state index is 13.1. The molecule has 36 heavy (non-hydrogen) atoms. The maximum absolute atomic E-state index is 13.1. The van der Waals surface area contributed by atoms with Gasteiger partial charge < -0.3 is 19.9 Å². The van der Waals surface area contributed by atoms with Gasteiger partial charge in [-0.1, -0.05) is 60.7 Å². The maximum Gasteiger partial charge on any atom is 0.305 e. The van der Waals surface area contributed by atoms with Crippen molar-refractivity contribution in [2.75, 3.05) is 14.2 Å². The minimum atomic E-state index is -0.994. The first kappa shape index (κ1) is 24.5. The molecule has 1 amide bonds. The van der Waals surface area contributed by atoms with Gasteiger partial charge in [0.2, 0.25) is 0 Å².